The van der Waals surface area contributed by atoms with E-state index < -0.39 is 0 Å². The topological polar surface area (TPSA) is 70.4 Å². The van der Waals surface area contributed by atoms with Crippen molar-refractivity contribution in [2.75, 3.05) is 6.61 Å². The van der Waals surface area contributed by atoms with Gasteiger partial charge in [0.1, 0.15) is 0 Å². The maximum Gasteiger partial charge on any atom is 0.302 e. The Balaban J connectivity index is 2.21. The Morgan fingerprint density at radius 3 is 2.44 bits per heavy atom. The first kappa shape index (κ1) is 19.7. The summed E-state index contributed by atoms with van der Waals surface area (Å²) in [5, 5.41) is 4.22. The molecule has 0 aliphatic rings. The third-order valence-corrected chi connectivity index (χ3v) is 4.43. The van der Waals surface area contributed by atoms with Gasteiger partial charge in [-0.1, -0.05) is 0 Å². The summed E-state index contributed by atoms with van der Waals surface area (Å²) in [5.74, 6) is 0.574. The Hall–Kier alpha value is -1.67. The number of rotatable bonds is 6. The second-order valence-corrected chi connectivity index (χ2v) is 7.34. The number of carbonyl (C=O) groups is 1. The van der Waals surface area contributed by atoms with Crippen LogP contribution in [0.25, 0.3) is 0 Å². The van der Waals surface area contributed by atoms with E-state index in [1.54, 1.807) is 0 Å². The van der Waals surface area contributed by atoms with Crippen molar-refractivity contribution in [2.24, 2.45) is 0 Å². The quantitative estimate of drug-likeness (QED) is 0.586. The highest BCUT2D eigenvalue weighted by Gasteiger charge is 2.13. The summed E-state index contributed by atoms with van der Waals surface area (Å²) in [6, 6.07) is 6.68. The van der Waals surface area contributed by atoms with Gasteiger partial charge in [-0.3, -0.25) is 9.59 Å². The first-order valence-electron chi connectivity index (χ1n) is 7.67. The molecule has 0 aliphatic heterocycles. The third-order valence-electron chi connectivity index (χ3n) is 3.25. The average Bonchev–Trinajstić information content (AvgIpc) is 2.51. The summed E-state index contributed by atoms with van der Waals surface area (Å²) in [4.78, 5) is 22.6. The molecule has 2 rings (SSSR count). The van der Waals surface area contributed by atoms with Crippen LogP contribution in [0.4, 0.5) is 0 Å². The number of hydrogen-bond acceptors (Lipinski definition) is 5. The SMILES string of the molecule is CC(=O)OCCc1cc(Br)c(Oc2ccc(=O)n(C(C)C)n2)c(Br)c1. The largest absolute Gasteiger partial charge is 0.466 e. The molecule has 0 unspecified atom stereocenters. The molecule has 0 saturated heterocycles. The van der Waals surface area contributed by atoms with E-state index in [1.165, 1.54) is 23.7 Å². The Morgan fingerprint density at radius 1 is 1.24 bits per heavy atom. The van der Waals surface area contributed by atoms with Crippen LogP contribution in [0, 0.1) is 0 Å². The van der Waals surface area contributed by atoms with Gasteiger partial charge in [0.15, 0.2) is 5.75 Å². The van der Waals surface area contributed by atoms with Crippen LogP contribution in [0.1, 0.15) is 32.4 Å². The molecule has 0 N–H and O–H groups in total. The maximum absolute atomic E-state index is 11.8. The fraction of sp³-hybridized carbons (Fsp3) is 0.353. The van der Waals surface area contributed by atoms with Crippen LogP contribution in [0.15, 0.2) is 38.0 Å². The van der Waals surface area contributed by atoms with Crippen molar-refractivity contribution in [3.05, 3.63) is 49.1 Å². The molecule has 6 nitrogen and oxygen atoms in total. The molecule has 0 radical (unpaired) electrons. The Kier molecular flexibility index (Phi) is 6.78. The normalized spacial score (nSPS) is 10.8. The van der Waals surface area contributed by atoms with Gasteiger partial charge in [-0.05, 0) is 63.4 Å². The van der Waals surface area contributed by atoms with Crippen LogP contribution < -0.4 is 10.3 Å². The number of esters is 1. The van der Waals surface area contributed by atoms with Gasteiger partial charge in [-0.25, -0.2) is 4.68 Å². The Morgan fingerprint density at radius 2 is 1.88 bits per heavy atom. The van der Waals surface area contributed by atoms with Crippen LogP contribution in [0.5, 0.6) is 11.6 Å². The number of benzene rings is 1. The molecule has 8 heteroatoms. The second-order valence-electron chi connectivity index (χ2n) is 5.63. The van der Waals surface area contributed by atoms with Crippen molar-refractivity contribution in [2.45, 2.75) is 33.2 Å². The number of aromatic nitrogens is 2. The first-order valence-corrected chi connectivity index (χ1v) is 9.25. The molecule has 25 heavy (non-hydrogen) atoms. The van der Waals surface area contributed by atoms with Gasteiger partial charge in [-0.15, -0.1) is 5.10 Å². The summed E-state index contributed by atoms with van der Waals surface area (Å²) < 4.78 is 13.6. The molecule has 1 aromatic heterocycles. The van der Waals surface area contributed by atoms with Crippen molar-refractivity contribution in [1.82, 2.24) is 9.78 Å². The molecule has 1 aromatic carbocycles. The van der Waals surface area contributed by atoms with Crippen molar-refractivity contribution in [3.63, 3.8) is 0 Å². The molecular formula is C17H18Br2N2O4. The molecule has 0 bridgehead atoms. The number of halogens is 2. The van der Waals surface area contributed by atoms with Gasteiger partial charge in [-0.2, -0.15) is 0 Å². The maximum atomic E-state index is 11.8. The van der Waals surface area contributed by atoms with Crippen LogP contribution in [-0.4, -0.2) is 22.4 Å². The van der Waals surface area contributed by atoms with E-state index in [0.717, 1.165) is 14.5 Å². The molecule has 134 valence electrons. The minimum Gasteiger partial charge on any atom is -0.466 e. The molecule has 0 saturated carbocycles. The predicted octanol–water partition coefficient (Wildman–Crippen LogP) is 4.25. The summed E-state index contributed by atoms with van der Waals surface area (Å²) in [6.45, 7) is 5.45. The van der Waals surface area contributed by atoms with Gasteiger partial charge in [0.2, 0.25) is 5.88 Å². The van der Waals surface area contributed by atoms with Crippen LogP contribution in [0.2, 0.25) is 0 Å². The van der Waals surface area contributed by atoms with Crippen molar-refractivity contribution < 1.29 is 14.3 Å². The first-order chi connectivity index (χ1) is 11.8. The monoisotopic (exact) mass is 472 g/mol. The summed E-state index contributed by atoms with van der Waals surface area (Å²) in [6.07, 6.45) is 0.591. The lowest BCUT2D eigenvalue weighted by Gasteiger charge is -2.13. The van der Waals surface area contributed by atoms with Crippen molar-refractivity contribution in [1.29, 1.82) is 0 Å². The molecule has 0 aliphatic carbocycles. The highest BCUT2D eigenvalue weighted by Crippen LogP contribution is 2.37. The van der Waals surface area contributed by atoms with Crippen molar-refractivity contribution >= 4 is 37.8 Å². The van der Waals surface area contributed by atoms with E-state index in [2.05, 4.69) is 37.0 Å². The van der Waals surface area contributed by atoms with Gasteiger partial charge < -0.3 is 9.47 Å². The summed E-state index contributed by atoms with van der Waals surface area (Å²) in [5.41, 5.74) is 0.800. The predicted molar refractivity (Wildman–Crippen MR) is 101 cm³/mol. The van der Waals surface area contributed by atoms with E-state index >= 15 is 0 Å². The van der Waals surface area contributed by atoms with Crippen molar-refractivity contribution in [3.8, 4) is 11.6 Å². The molecular weight excluding hydrogens is 456 g/mol. The lowest BCUT2D eigenvalue weighted by molar-refractivity contribution is -0.140. The zero-order chi connectivity index (χ0) is 18.6. The molecule has 0 spiro atoms. The standard InChI is InChI=1S/C17H18Br2N2O4/c1-10(2)21-16(23)5-4-15(20-21)25-17-13(18)8-12(9-14(17)19)6-7-24-11(3)22/h4-5,8-10H,6-7H2,1-3H3. The fourth-order valence-electron chi connectivity index (χ4n) is 2.10. The zero-order valence-corrected chi connectivity index (χ0v) is 17.3. The molecule has 1 heterocycles. The lowest BCUT2D eigenvalue weighted by atomic mass is 10.1. The van der Waals surface area contributed by atoms with Gasteiger partial charge in [0.25, 0.3) is 5.56 Å². The Bertz CT molecular complexity index is 811. The zero-order valence-electron chi connectivity index (χ0n) is 14.1. The number of hydrogen-bond donors (Lipinski definition) is 0. The fourth-order valence-corrected chi connectivity index (χ4v) is 3.55. The Labute approximate surface area is 162 Å². The molecule has 0 fully saturated rings. The number of ether oxygens (including phenoxy) is 2. The van der Waals surface area contributed by atoms with E-state index in [1.807, 2.05) is 26.0 Å². The third kappa shape index (κ3) is 5.40. The van der Waals surface area contributed by atoms with E-state index in [-0.39, 0.29) is 17.6 Å². The van der Waals surface area contributed by atoms with Crippen LogP contribution in [0.3, 0.4) is 0 Å². The van der Waals surface area contributed by atoms with E-state index in [4.69, 9.17) is 9.47 Å². The minimum absolute atomic E-state index is 0.0633. The smallest absolute Gasteiger partial charge is 0.302 e. The molecule has 0 amide bonds. The highest BCUT2D eigenvalue weighted by atomic mass is 79.9. The van der Waals surface area contributed by atoms with Gasteiger partial charge in [0, 0.05) is 25.5 Å². The number of carbonyl (C=O) groups excluding carboxylic acids is 1. The highest BCUT2D eigenvalue weighted by molar-refractivity contribution is 9.11. The van der Waals surface area contributed by atoms with Gasteiger partial charge >= 0.3 is 5.97 Å². The average molecular weight is 474 g/mol. The lowest BCUT2D eigenvalue weighted by Crippen LogP contribution is -2.23. The van der Waals surface area contributed by atoms with Gasteiger partial charge in [0.05, 0.1) is 21.6 Å². The molecule has 0 atom stereocenters. The van der Waals surface area contributed by atoms with Crippen LogP contribution >= 0.6 is 31.9 Å². The number of nitrogens with zero attached hydrogens (tertiary/aromatic N) is 2. The van der Waals surface area contributed by atoms with E-state index in [9.17, 15) is 9.59 Å². The molecule has 2 aromatic rings. The summed E-state index contributed by atoms with van der Waals surface area (Å²) >= 11 is 6.96. The van der Waals surface area contributed by atoms with Crippen LogP contribution in [-0.2, 0) is 16.0 Å². The minimum atomic E-state index is -0.301. The van der Waals surface area contributed by atoms with E-state index in [0.29, 0.717) is 24.7 Å². The summed E-state index contributed by atoms with van der Waals surface area (Å²) in [7, 11) is 0. The second kappa shape index (κ2) is 8.62.